The summed E-state index contributed by atoms with van der Waals surface area (Å²) in [6.07, 6.45) is 0. The van der Waals surface area contributed by atoms with E-state index in [-0.39, 0.29) is 5.88 Å². The van der Waals surface area contributed by atoms with Gasteiger partial charge < -0.3 is 0 Å². The molecule has 0 bridgehead atoms. The van der Waals surface area contributed by atoms with E-state index >= 15 is 0 Å². The molecule has 2 rings (SSSR count). The molecule has 1 fully saturated rings. The lowest BCUT2D eigenvalue weighted by atomic mass is 10.2. The van der Waals surface area contributed by atoms with Crippen molar-refractivity contribution in [1.82, 2.24) is 4.90 Å². The Hall–Kier alpha value is -0.870. The third-order valence-electron chi connectivity index (χ3n) is 2.35. The van der Waals surface area contributed by atoms with Crippen LogP contribution < -0.4 is 0 Å². The van der Waals surface area contributed by atoms with Gasteiger partial charge in [-0.15, -0.1) is 0 Å². The average Bonchev–Trinajstić information content (AvgIpc) is 2.47. The van der Waals surface area contributed by atoms with Gasteiger partial charge in [-0.25, -0.2) is 8.42 Å². The highest BCUT2D eigenvalue weighted by Crippen LogP contribution is 2.11. The van der Waals surface area contributed by atoms with Crippen molar-refractivity contribution in [2.75, 3.05) is 18.2 Å². The van der Waals surface area contributed by atoms with Gasteiger partial charge >= 0.3 is 0 Å². The molecule has 1 aromatic rings. The van der Waals surface area contributed by atoms with E-state index in [4.69, 9.17) is 0 Å². The molecule has 0 saturated carbocycles. The molecule has 1 saturated heterocycles. The molecule has 0 amide bonds. The van der Waals surface area contributed by atoms with Crippen LogP contribution >= 0.6 is 0 Å². The second-order valence-corrected chi connectivity index (χ2v) is 5.77. The Morgan fingerprint density at radius 3 is 2.50 bits per heavy atom. The van der Waals surface area contributed by atoms with Gasteiger partial charge in [0.05, 0.1) is 5.75 Å². The fraction of sp³-hybridized carbons (Fsp3) is 0.400. The zero-order chi connectivity index (χ0) is 10.0. The van der Waals surface area contributed by atoms with Crippen LogP contribution in [-0.2, 0) is 16.4 Å². The van der Waals surface area contributed by atoms with E-state index in [1.165, 1.54) is 5.56 Å². The van der Waals surface area contributed by atoms with Crippen LogP contribution in [0, 0.1) is 0 Å². The quantitative estimate of drug-likeness (QED) is 0.728. The topological polar surface area (TPSA) is 37.4 Å². The highest BCUT2D eigenvalue weighted by molar-refractivity contribution is 7.91. The Morgan fingerprint density at radius 1 is 1.21 bits per heavy atom. The van der Waals surface area contributed by atoms with Crippen molar-refractivity contribution in [1.29, 1.82) is 0 Å². The van der Waals surface area contributed by atoms with Crippen LogP contribution in [0.25, 0.3) is 0 Å². The Balaban J connectivity index is 2.01. The van der Waals surface area contributed by atoms with Crippen molar-refractivity contribution in [3.05, 3.63) is 35.9 Å². The molecule has 1 aromatic carbocycles. The van der Waals surface area contributed by atoms with Crippen molar-refractivity contribution in [2.24, 2.45) is 0 Å². The third kappa shape index (κ3) is 2.33. The summed E-state index contributed by atoms with van der Waals surface area (Å²) < 4.78 is 22.4. The second kappa shape index (κ2) is 3.71. The molecule has 0 N–H and O–H groups in total. The molecule has 76 valence electrons. The summed E-state index contributed by atoms with van der Waals surface area (Å²) in [4.78, 5) is 1.96. The lowest BCUT2D eigenvalue weighted by Crippen LogP contribution is -2.20. The SMILES string of the molecule is O=S1(=O)CCN(Cc2ccccc2)C1. The summed E-state index contributed by atoms with van der Waals surface area (Å²) in [5.74, 6) is 0.516. The van der Waals surface area contributed by atoms with Crippen molar-refractivity contribution < 1.29 is 8.42 Å². The summed E-state index contributed by atoms with van der Waals surface area (Å²) >= 11 is 0. The van der Waals surface area contributed by atoms with Gasteiger partial charge in [-0.3, -0.25) is 4.90 Å². The third-order valence-corrected chi connectivity index (χ3v) is 3.91. The minimum atomic E-state index is -2.79. The van der Waals surface area contributed by atoms with E-state index in [1.54, 1.807) is 0 Å². The first-order chi connectivity index (χ1) is 6.66. The van der Waals surface area contributed by atoms with Crippen LogP contribution in [-0.4, -0.2) is 31.5 Å². The van der Waals surface area contributed by atoms with E-state index in [2.05, 4.69) is 0 Å². The number of benzene rings is 1. The van der Waals surface area contributed by atoms with E-state index < -0.39 is 9.84 Å². The lowest BCUT2D eigenvalue weighted by Gasteiger charge is -2.12. The minimum Gasteiger partial charge on any atom is -0.284 e. The maximum absolute atomic E-state index is 11.2. The average molecular weight is 211 g/mol. The highest BCUT2D eigenvalue weighted by Gasteiger charge is 2.24. The van der Waals surface area contributed by atoms with Gasteiger partial charge in [-0.1, -0.05) is 30.3 Å². The number of rotatable bonds is 2. The van der Waals surface area contributed by atoms with Crippen LogP contribution in [0.4, 0.5) is 0 Å². The Labute approximate surface area is 84.3 Å². The van der Waals surface area contributed by atoms with Gasteiger partial charge in [-0.05, 0) is 5.56 Å². The molecule has 1 aliphatic heterocycles. The molecule has 1 heterocycles. The smallest absolute Gasteiger partial charge is 0.164 e. The zero-order valence-electron chi connectivity index (χ0n) is 7.89. The van der Waals surface area contributed by atoms with Gasteiger partial charge in [-0.2, -0.15) is 0 Å². The number of sulfone groups is 1. The summed E-state index contributed by atoms with van der Waals surface area (Å²) in [5, 5.41) is 0. The van der Waals surface area contributed by atoms with Crippen LogP contribution in [0.2, 0.25) is 0 Å². The highest BCUT2D eigenvalue weighted by atomic mass is 32.2. The molecule has 3 nitrogen and oxygen atoms in total. The maximum Gasteiger partial charge on any atom is 0.164 e. The Bertz CT molecular complexity index is 399. The van der Waals surface area contributed by atoms with E-state index in [0.717, 1.165) is 6.54 Å². The maximum atomic E-state index is 11.2. The normalized spacial score (nSPS) is 21.1. The molecule has 0 atom stereocenters. The van der Waals surface area contributed by atoms with E-state index in [1.807, 2.05) is 35.2 Å². The van der Waals surface area contributed by atoms with Gasteiger partial charge in [0, 0.05) is 13.1 Å². The van der Waals surface area contributed by atoms with Gasteiger partial charge in [0.25, 0.3) is 0 Å². The van der Waals surface area contributed by atoms with E-state index in [0.29, 0.717) is 12.3 Å². The molecular weight excluding hydrogens is 198 g/mol. The largest absolute Gasteiger partial charge is 0.284 e. The van der Waals surface area contributed by atoms with Crippen LogP contribution in [0.1, 0.15) is 5.56 Å². The fourth-order valence-electron chi connectivity index (χ4n) is 1.64. The first-order valence-electron chi connectivity index (χ1n) is 4.62. The van der Waals surface area contributed by atoms with Crippen molar-refractivity contribution in [3.8, 4) is 0 Å². The summed E-state index contributed by atoms with van der Waals surface area (Å²) in [6, 6.07) is 9.94. The van der Waals surface area contributed by atoms with Crippen LogP contribution in [0.5, 0.6) is 0 Å². The first-order valence-corrected chi connectivity index (χ1v) is 6.44. The Morgan fingerprint density at radius 2 is 1.93 bits per heavy atom. The van der Waals surface area contributed by atoms with Crippen LogP contribution in [0.3, 0.4) is 0 Å². The molecule has 14 heavy (non-hydrogen) atoms. The Kier molecular flexibility index (Phi) is 2.56. The molecule has 0 aromatic heterocycles. The van der Waals surface area contributed by atoms with Gasteiger partial charge in [0.1, 0.15) is 5.88 Å². The molecule has 4 heteroatoms. The predicted octanol–water partition coefficient (Wildman–Crippen LogP) is 0.874. The molecule has 0 spiro atoms. The standard InChI is InChI=1S/C10H13NO2S/c12-14(13)7-6-11(9-14)8-10-4-2-1-3-5-10/h1-5H,6-9H2. The summed E-state index contributed by atoms with van der Waals surface area (Å²) in [5.41, 5.74) is 1.17. The minimum absolute atomic E-state index is 0.210. The lowest BCUT2D eigenvalue weighted by molar-refractivity contribution is 0.346. The van der Waals surface area contributed by atoms with Crippen LogP contribution in [0.15, 0.2) is 30.3 Å². The van der Waals surface area contributed by atoms with Crippen molar-refractivity contribution in [3.63, 3.8) is 0 Å². The van der Waals surface area contributed by atoms with Crippen molar-refractivity contribution in [2.45, 2.75) is 6.54 Å². The van der Waals surface area contributed by atoms with Gasteiger partial charge in [0.15, 0.2) is 9.84 Å². The number of hydrogen-bond acceptors (Lipinski definition) is 3. The first kappa shape index (κ1) is 9.68. The number of hydrogen-bond donors (Lipinski definition) is 0. The van der Waals surface area contributed by atoms with Crippen molar-refractivity contribution >= 4 is 9.84 Å². The fourth-order valence-corrected chi connectivity index (χ4v) is 3.08. The second-order valence-electron chi connectivity index (χ2n) is 3.61. The molecular formula is C10H13NO2S. The molecule has 0 unspecified atom stereocenters. The number of nitrogens with zero attached hydrogens (tertiary/aromatic N) is 1. The summed E-state index contributed by atoms with van der Waals surface area (Å²) in [6.45, 7) is 1.40. The molecule has 0 radical (unpaired) electrons. The summed E-state index contributed by atoms with van der Waals surface area (Å²) in [7, 11) is -2.79. The molecule has 1 aliphatic rings. The van der Waals surface area contributed by atoms with E-state index in [9.17, 15) is 8.42 Å². The monoisotopic (exact) mass is 211 g/mol. The zero-order valence-corrected chi connectivity index (χ0v) is 8.70. The van der Waals surface area contributed by atoms with Gasteiger partial charge in [0.2, 0.25) is 0 Å². The molecule has 0 aliphatic carbocycles. The predicted molar refractivity (Wildman–Crippen MR) is 55.5 cm³/mol.